The fourth-order valence-electron chi connectivity index (χ4n) is 2.91. The Hall–Kier alpha value is -0.680. The van der Waals surface area contributed by atoms with Gasteiger partial charge in [-0.1, -0.05) is 26.8 Å². The van der Waals surface area contributed by atoms with Crippen LogP contribution in [0, 0.1) is 0 Å². The first-order valence-electron chi connectivity index (χ1n) is 8.97. The number of hydrogen-bond donors (Lipinski definition) is 0. The molecular weight excluding hydrogens is 329 g/mol. The van der Waals surface area contributed by atoms with Crippen molar-refractivity contribution in [3.05, 3.63) is 12.2 Å². The van der Waals surface area contributed by atoms with Gasteiger partial charge >= 0.3 is 14.2 Å². The zero-order chi connectivity index (χ0) is 18.3. The van der Waals surface area contributed by atoms with Crippen molar-refractivity contribution in [2.75, 3.05) is 46.0 Å². The van der Waals surface area contributed by atoms with E-state index in [0.717, 1.165) is 49.9 Å². The maximum atomic E-state index is 11.8. The second-order valence-electron chi connectivity index (χ2n) is 5.85. The van der Waals surface area contributed by atoms with Crippen molar-refractivity contribution < 1.29 is 27.6 Å². The van der Waals surface area contributed by atoms with Crippen molar-refractivity contribution >= 4 is 14.2 Å². The monoisotopic (exact) mass is 364 g/mol. The summed E-state index contributed by atoms with van der Waals surface area (Å²) in [6, 6.07) is 0. The molecule has 0 N–H and O–H groups in total. The molecule has 0 saturated carbocycles. The molecule has 0 heterocycles. The van der Waals surface area contributed by atoms with Crippen molar-refractivity contribution in [2.45, 2.75) is 47.0 Å². The second-order valence-corrected chi connectivity index (χ2v) is 6.93. The van der Waals surface area contributed by atoms with Gasteiger partial charge in [0.2, 0.25) is 0 Å². The summed E-state index contributed by atoms with van der Waals surface area (Å²) in [6.07, 6.45) is 6.31. The fourth-order valence-corrected chi connectivity index (χ4v) is 3.50. The van der Waals surface area contributed by atoms with E-state index in [1.807, 2.05) is 0 Å². The van der Waals surface area contributed by atoms with Gasteiger partial charge in [0.15, 0.2) is 0 Å². The number of allylic oxidation sites excluding steroid dienone is 1. The number of quaternary nitrogens is 1. The summed E-state index contributed by atoms with van der Waals surface area (Å²) in [4.78, 5) is 11.1. The lowest BCUT2D eigenvalue weighted by atomic mass is 10.2. The van der Waals surface area contributed by atoms with E-state index >= 15 is 0 Å². The van der Waals surface area contributed by atoms with Crippen LogP contribution in [0.4, 0.5) is 0 Å². The Kier molecular flexibility index (Phi) is 14.2. The van der Waals surface area contributed by atoms with Gasteiger partial charge in [-0.15, -0.1) is 0 Å². The van der Waals surface area contributed by atoms with E-state index in [9.17, 15) is 9.36 Å². The second kappa shape index (κ2) is 14.6. The van der Waals surface area contributed by atoms with Crippen LogP contribution in [0.15, 0.2) is 12.2 Å². The summed E-state index contributed by atoms with van der Waals surface area (Å²) >= 11 is 0. The Morgan fingerprint density at radius 1 is 0.917 bits per heavy atom. The number of rotatable bonds is 15. The minimum absolute atomic E-state index is 0.0739. The SMILES string of the molecule is CC=CC(=O)OCCO[PH](=O)OCC[N+](CCC)(CCC)CCC. The van der Waals surface area contributed by atoms with E-state index < -0.39 is 14.2 Å². The molecule has 1 atom stereocenters. The molecule has 0 aliphatic heterocycles. The maximum Gasteiger partial charge on any atom is 0.330 e. The molecular formula is C17H35NO5P+. The molecule has 0 aromatic heterocycles. The van der Waals surface area contributed by atoms with Gasteiger partial charge in [0.1, 0.15) is 19.8 Å². The molecule has 24 heavy (non-hydrogen) atoms. The summed E-state index contributed by atoms with van der Waals surface area (Å²) in [5.41, 5.74) is 0. The van der Waals surface area contributed by atoms with Crippen molar-refractivity contribution in [1.29, 1.82) is 0 Å². The number of carbonyl (C=O) groups is 1. The Labute approximate surface area is 147 Å². The topological polar surface area (TPSA) is 61.8 Å². The van der Waals surface area contributed by atoms with Gasteiger partial charge < -0.3 is 18.3 Å². The van der Waals surface area contributed by atoms with Gasteiger partial charge in [-0.3, -0.25) is 4.57 Å². The molecule has 142 valence electrons. The van der Waals surface area contributed by atoms with E-state index in [-0.39, 0.29) is 13.2 Å². The Morgan fingerprint density at radius 3 is 1.96 bits per heavy atom. The Morgan fingerprint density at radius 2 is 1.46 bits per heavy atom. The molecule has 7 heteroatoms. The van der Waals surface area contributed by atoms with Crippen LogP contribution in [-0.2, 0) is 23.1 Å². The molecule has 6 nitrogen and oxygen atoms in total. The van der Waals surface area contributed by atoms with E-state index in [1.165, 1.54) is 6.08 Å². The van der Waals surface area contributed by atoms with Crippen molar-refractivity contribution in [3.63, 3.8) is 0 Å². The first-order chi connectivity index (χ1) is 11.5. The lowest BCUT2D eigenvalue weighted by Gasteiger charge is -2.38. The lowest BCUT2D eigenvalue weighted by Crippen LogP contribution is -2.51. The highest BCUT2D eigenvalue weighted by molar-refractivity contribution is 7.33. The highest BCUT2D eigenvalue weighted by atomic mass is 31.1. The van der Waals surface area contributed by atoms with Crippen LogP contribution in [0.2, 0.25) is 0 Å². The zero-order valence-electron chi connectivity index (χ0n) is 15.7. The Balaban J connectivity index is 4.08. The molecule has 0 radical (unpaired) electrons. The number of ether oxygens (including phenoxy) is 1. The van der Waals surface area contributed by atoms with Crippen LogP contribution in [0.1, 0.15) is 47.0 Å². The third-order valence-electron chi connectivity index (χ3n) is 3.73. The average molecular weight is 364 g/mol. The molecule has 0 spiro atoms. The first-order valence-corrected chi connectivity index (χ1v) is 10.2. The maximum absolute atomic E-state index is 11.8. The molecule has 0 fully saturated rings. The third kappa shape index (κ3) is 11.0. The predicted molar refractivity (Wildman–Crippen MR) is 97.3 cm³/mol. The standard InChI is InChI=1S/C17H35NO5P/c1-5-9-17(19)21-15-16-23-24(20)22-14-13-18(10-6-2,11-7-3)12-8-4/h5,9,24H,6-8,10-16H2,1-4H3/q+1. The predicted octanol–water partition coefficient (Wildman–Crippen LogP) is 3.58. The number of carbonyl (C=O) groups excluding carboxylic acids is 1. The van der Waals surface area contributed by atoms with Crippen LogP contribution in [0.25, 0.3) is 0 Å². The van der Waals surface area contributed by atoms with E-state index in [4.69, 9.17) is 13.8 Å². The lowest BCUT2D eigenvalue weighted by molar-refractivity contribution is -0.928. The number of hydrogen-bond acceptors (Lipinski definition) is 5. The smallest absolute Gasteiger partial charge is 0.330 e. The Bertz CT molecular complexity index is 370. The quantitative estimate of drug-likeness (QED) is 0.146. The van der Waals surface area contributed by atoms with Gasteiger partial charge in [-0.25, -0.2) is 4.79 Å². The van der Waals surface area contributed by atoms with Gasteiger partial charge in [-0.05, 0) is 26.2 Å². The van der Waals surface area contributed by atoms with Crippen molar-refractivity contribution in [1.82, 2.24) is 0 Å². The normalized spacial score (nSPS) is 13.3. The highest BCUT2D eigenvalue weighted by Crippen LogP contribution is 2.24. The number of nitrogens with zero attached hydrogens (tertiary/aromatic N) is 1. The van der Waals surface area contributed by atoms with Crippen molar-refractivity contribution in [3.8, 4) is 0 Å². The highest BCUT2D eigenvalue weighted by Gasteiger charge is 2.24. The average Bonchev–Trinajstić information content (AvgIpc) is 2.53. The molecule has 0 aromatic carbocycles. The van der Waals surface area contributed by atoms with E-state index in [1.54, 1.807) is 13.0 Å². The van der Waals surface area contributed by atoms with E-state index in [2.05, 4.69) is 20.8 Å². The van der Waals surface area contributed by atoms with Crippen LogP contribution in [-0.4, -0.2) is 56.5 Å². The minimum atomic E-state index is -2.53. The van der Waals surface area contributed by atoms with Gasteiger partial charge in [0.05, 0.1) is 26.2 Å². The molecule has 0 aliphatic carbocycles. The largest absolute Gasteiger partial charge is 0.460 e. The van der Waals surface area contributed by atoms with Crippen LogP contribution >= 0.6 is 8.25 Å². The molecule has 0 aromatic rings. The summed E-state index contributed by atoms with van der Waals surface area (Å²) in [6.45, 7) is 13.1. The molecule has 0 bridgehead atoms. The van der Waals surface area contributed by atoms with Crippen molar-refractivity contribution in [2.24, 2.45) is 0 Å². The molecule has 0 saturated heterocycles. The van der Waals surface area contributed by atoms with E-state index in [0.29, 0.717) is 6.61 Å². The summed E-state index contributed by atoms with van der Waals surface area (Å²) in [7, 11) is -2.53. The zero-order valence-corrected chi connectivity index (χ0v) is 16.7. The summed E-state index contributed by atoms with van der Waals surface area (Å²) in [5.74, 6) is -0.428. The molecule has 0 amide bonds. The molecule has 0 rings (SSSR count). The van der Waals surface area contributed by atoms with Crippen LogP contribution in [0.3, 0.4) is 0 Å². The van der Waals surface area contributed by atoms with Gasteiger partial charge in [0.25, 0.3) is 0 Å². The minimum Gasteiger partial charge on any atom is -0.460 e. The fraction of sp³-hybridized carbons (Fsp3) is 0.824. The number of esters is 1. The van der Waals surface area contributed by atoms with Crippen LogP contribution in [0.5, 0.6) is 0 Å². The van der Waals surface area contributed by atoms with Crippen LogP contribution < -0.4 is 0 Å². The van der Waals surface area contributed by atoms with Gasteiger partial charge in [-0.2, -0.15) is 0 Å². The molecule has 1 unspecified atom stereocenters. The van der Waals surface area contributed by atoms with Gasteiger partial charge in [0, 0.05) is 6.08 Å². The summed E-state index contributed by atoms with van der Waals surface area (Å²) < 4.78 is 28.0. The first kappa shape index (κ1) is 23.3. The third-order valence-corrected chi connectivity index (χ3v) is 4.61. The molecule has 0 aliphatic rings. The summed E-state index contributed by atoms with van der Waals surface area (Å²) in [5, 5.41) is 0.